The number of aromatic nitrogens is 2. The van der Waals surface area contributed by atoms with Crippen LogP contribution in [-0.4, -0.2) is 55.8 Å². The summed E-state index contributed by atoms with van der Waals surface area (Å²) < 4.78 is 15.5. The second kappa shape index (κ2) is 13.5. The molecule has 2 atom stereocenters. The maximum Gasteiger partial charge on any atom is 1.00 e. The van der Waals surface area contributed by atoms with Gasteiger partial charge < -0.3 is 29.6 Å². The van der Waals surface area contributed by atoms with E-state index in [0.29, 0.717) is 30.2 Å². The largest absolute Gasteiger partial charge is 1.00 e. The number of carbonyl (C=O) groups is 2. The number of aliphatic hydroxyl groups is 2. The molecule has 196 valence electrons. The van der Waals surface area contributed by atoms with E-state index in [1.165, 1.54) is 12.1 Å². The predicted molar refractivity (Wildman–Crippen MR) is 133 cm³/mol. The normalized spacial score (nSPS) is 14.4. The number of hydrogen-bond acceptors (Lipinski definition) is 6. The van der Waals surface area contributed by atoms with E-state index in [1.807, 2.05) is 34.9 Å². The number of rotatable bonds is 12. The van der Waals surface area contributed by atoms with Gasteiger partial charge in [0.25, 0.3) is 5.91 Å². The van der Waals surface area contributed by atoms with Gasteiger partial charge >= 0.3 is 29.6 Å². The van der Waals surface area contributed by atoms with Crippen LogP contribution in [-0.2, 0) is 17.9 Å². The Morgan fingerprint density at radius 2 is 1.76 bits per heavy atom. The second-order valence-electron chi connectivity index (χ2n) is 9.66. The van der Waals surface area contributed by atoms with Crippen LogP contribution in [0.2, 0.25) is 0 Å². The monoisotopic (exact) mass is 531 g/mol. The maximum absolute atomic E-state index is 13.6. The summed E-state index contributed by atoms with van der Waals surface area (Å²) in [6.45, 7) is 0.706. The smallest absolute Gasteiger partial charge is 0.550 e. The number of imidazole rings is 1. The van der Waals surface area contributed by atoms with Crippen LogP contribution in [0.3, 0.4) is 0 Å². The quantitative estimate of drug-likeness (QED) is 0.304. The number of aliphatic carboxylic acids is 1. The fourth-order valence-electron chi connectivity index (χ4n) is 4.53. The Morgan fingerprint density at radius 3 is 2.37 bits per heavy atom. The van der Waals surface area contributed by atoms with Gasteiger partial charge in [0, 0.05) is 44.0 Å². The molecule has 2 aromatic carbocycles. The van der Waals surface area contributed by atoms with Crippen molar-refractivity contribution >= 4 is 11.9 Å². The van der Waals surface area contributed by atoms with Crippen molar-refractivity contribution in [3.63, 3.8) is 0 Å². The standard InChI is InChI=1S/C28H32FN3O5.Na/c1-31(17-18-5-3-2-4-6-18)28(37)25-26(19-7-8-19)32(14-13-22(33)15-23(34)16-24(35)36)27(30-25)20-9-11-21(29)12-10-20;/h2-6,9-12,19,22-23,33-34H,7-8,13-17H2,1H3,(H,35,36);/q;+1/p-1/t22-,23-;/m1./s1. The summed E-state index contributed by atoms with van der Waals surface area (Å²) in [4.78, 5) is 30.7. The van der Waals surface area contributed by atoms with Crippen molar-refractivity contribution in [1.82, 2.24) is 14.5 Å². The summed E-state index contributed by atoms with van der Waals surface area (Å²) in [5, 5.41) is 31.1. The third kappa shape index (κ3) is 7.74. The average molecular weight is 532 g/mol. The van der Waals surface area contributed by atoms with Crippen LogP contribution in [0, 0.1) is 5.82 Å². The molecule has 3 aromatic rings. The molecule has 0 aliphatic heterocycles. The van der Waals surface area contributed by atoms with Crippen molar-refractivity contribution in [3.8, 4) is 11.4 Å². The zero-order valence-electron chi connectivity index (χ0n) is 21.7. The summed E-state index contributed by atoms with van der Waals surface area (Å²) >= 11 is 0. The van der Waals surface area contributed by atoms with E-state index >= 15 is 0 Å². The number of carboxylic acid groups (broad SMARTS) is 1. The molecule has 1 fully saturated rings. The van der Waals surface area contributed by atoms with Gasteiger partial charge in [-0.25, -0.2) is 9.37 Å². The number of aliphatic hydroxyl groups excluding tert-OH is 2. The van der Waals surface area contributed by atoms with Crippen molar-refractivity contribution < 1.29 is 58.9 Å². The number of benzene rings is 2. The minimum atomic E-state index is -1.38. The molecular weight excluding hydrogens is 500 g/mol. The fourth-order valence-corrected chi connectivity index (χ4v) is 4.53. The van der Waals surface area contributed by atoms with Gasteiger partial charge in [0.2, 0.25) is 0 Å². The molecule has 1 saturated carbocycles. The van der Waals surface area contributed by atoms with E-state index in [0.717, 1.165) is 24.1 Å². The van der Waals surface area contributed by atoms with Crippen molar-refractivity contribution in [3.05, 3.63) is 77.4 Å². The zero-order valence-corrected chi connectivity index (χ0v) is 23.7. The molecule has 8 nitrogen and oxygen atoms in total. The molecule has 0 radical (unpaired) electrons. The summed E-state index contributed by atoms with van der Waals surface area (Å²) in [5.41, 5.74) is 2.75. The maximum atomic E-state index is 13.6. The molecule has 2 N–H and O–H groups in total. The van der Waals surface area contributed by atoms with Gasteiger partial charge in [-0.15, -0.1) is 0 Å². The Bertz CT molecular complexity index is 1230. The number of amides is 1. The molecule has 0 saturated heterocycles. The molecule has 1 heterocycles. The van der Waals surface area contributed by atoms with Crippen LogP contribution in [0.15, 0.2) is 54.6 Å². The summed E-state index contributed by atoms with van der Waals surface area (Å²) in [6.07, 6.45) is -0.826. The van der Waals surface area contributed by atoms with Crippen molar-refractivity contribution in [2.75, 3.05) is 7.05 Å². The van der Waals surface area contributed by atoms with Crippen LogP contribution in [0.4, 0.5) is 4.39 Å². The van der Waals surface area contributed by atoms with Crippen LogP contribution in [0.5, 0.6) is 0 Å². The molecule has 1 amide bonds. The molecule has 1 aliphatic carbocycles. The second-order valence-corrected chi connectivity index (χ2v) is 9.66. The van der Waals surface area contributed by atoms with Crippen LogP contribution in [0.1, 0.15) is 59.8 Å². The molecule has 0 spiro atoms. The third-order valence-corrected chi connectivity index (χ3v) is 6.52. The van der Waals surface area contributed by atoms with E-state index in [9.17, 15) is 29.3 Å². The van der Waals surface area contributed by atoms with Crippen LogP contribution in [0.25, 0.3) is 11.4 Å². The molecule has 1 aliphatic rings. The van der Waals surface area contributed by atoms with E-state index in [4.69, 9.17) is 4.98 Å². The summed E-state index contributed by atoms with van der Waals surface area (Å²) in [5.74, 6) is -1.35. The molecule has 1 aromatic heterocycles. The van der Waals surface area contributed by atoms with E-state index in [2.05, 4.69) is 0 Å². The van der Waals surface area contributed by atoms with E-state index in [1.54, 1.807) is 24.1 Å². The Kier molecular flexibility index (Phi) is 10.6. The molecule has 10 heteroatoms. The number of carboxylic acids is 1. The van der Waals surface area contributed by atoms with Crippen LogP contribution >= 0.6 is 0 Å². The molecule has 0 bridgehead atoms. The Labute approximate surface area is 243 Å². The first-order chi connectivity index (χ1) is 17.7. The van der Waals surface area contributed by atoms with Gasteiger partial charge in [0.1, 0.15) is 11.6 Å². The number of nitrogens with zero attached hydrogens (tertiary/aromatic N) is 3. The predicted octanol–water partition coefficient (Wildman–Crippen LogP) is -0.515. The van der Waals surface area contributed by atoms with Gasteiger partial charge in [-0.05, 0) is 55.5 Å². The Hall–Kier alpha value is -2.56. The summed E-state index contributed by atoms with van der Waals surface area (Å²) in [6, 6.07) is 15.5. The van der Waals surface area contributed by atoms with Gasteiger partial charge in [-0.1, -0.05) is 30.3 Å². The number of halogens is 1. The average Bonchev–Trinajstić information content (AvgIpc) is 3.63. The first-order valence-electron chi connectivity index (χ1n) is 12.4. The van der Waals surface area contributed by atoms with Gasteiger partial charge in [-0.3, -0.25) is 4.79 Å². The number of hydrogen-bond donors (Lipinski definition) is 2. The Morgan fingerprint density at radius 1 is 1.11 bits per heavy atom. The Balaban J connectivity index is 0.00000400. The molecular formula is C28H31FN3NaO5. The van der Waals surface area contributed by atoms with Crippen LogP contribution < -0.4 is 34.7 Å². The molecule has 0 unspecified atom stereocenters. The fraction of sp³-hybridized carbons (Fsp3) is 0.393. The van der Waals surface area contributed by atoms with Crippen molar-refractivity contribution in [2.24, 2.45) is 0 Å². The van der Waals surface area contributed by atoms with Crippen molar-refractivity contribution in [1.29, 1.82) is 0 Å². The summed E-state index contributed by atoms with van der Waals surface area (Å²) in [7, 11) is 1.73. The first kappa shape index (κ1) is 30.0. The van der Waals surface area contributed by atoms with Crippen molar-refractivity contribution in [2.45, 2.75) is 63.3 Å². The molecule has 38 heavy (non-hydrogen) atoms. The first-order valence-corrected chi connectivity index (χ1v) is 12.4. The zero-order chi connectivity index (χ0) is 26.5. The topological polar surface area (TPSA) is 119 Å². The number of carbonyl (C=O) groups excluding carboxylic acids is 2. The van der Waals surface area contributed by atoms with E-state index < -0.39 is 24.6 Å². The third-order valence-electron chi connectivity index (χ3n) is 6.52. The molecule has 4 rings (SSSR count). The minimum absolute atomic E-state index is 0. The van der Waals surface area contributed by atoms with Gasteiger partial charge in [-0.2, -0.15) is 0 Å². The van der Waals surface area contributed by atoms with Gasteiger partial charge in [0.05, 0.1) is 17.9 Å². The SMILES string of the molecule is CN(Cc1ccccc1)C(=O)c1nc(-c2ccc(F)cc2)n(CC[C@@H](O)C[C@@H](O)CC(=O)[O-])c1C1CC1.[Na+]. The van der Waals surface area contributed by atoms with Gasteiger partial charge in [0.15, 0.2) is 5.69 Å². The minimum Gasteiger partial charge on any atom is -0.550 e. The van der Waals surface area contributed by atoms with E-state index in [-0.39, 0.29) is 60.0 Å².